The lowest BCUT2D eigenvalue weighted by molar-refractivity contribution is -0.122. The van der Waals surface area contributed by atoms with E-state index in [0.717, 1.165) is 13.1 Å². The number of likely N-dealkylation sites (N-methyl/N-ethyl adjacent to an activating group) is 1. The van der Waals surface area contributed by atoms with Crippen molar-refractivity contribution in [1.29, 1.82) is 0 Å². The molecule has 0 fully saturated rings. The first-order valence-corrected chi connectivity index (χ1v) is 4.95. The molecule has 0 rings (SSSR count). The van der Waals surface area contributed by atoms with Crippen LogP contribution in [0.4, 0.5) is 0 Å². The first-order chi connectivity index (χ1) is 6.56. The van der Waals surface area contributed by atoms with Crippen LogP contribution in [0.2, 0.25) is 0 Å². The van der Waals surface area contributed by atoms with Crippen molar-refractivity contribution in [2.45, 2.75) is 20.3 Å². The molecule has 0 saturated carbocycles. The normalized spacial score (nSPS) is 10.3. The Morgan fingerprint density at radius 1 is 1.57 bits per heavy atom. The third-order valence-electron chi connectivity index (χ3n) is 1.76. The van der Waals surface area contributed by atoms with Crippen molar-refractivity contribution in [1.82, 2.24) is 10.2 Å². The molecule has 0 saturated heterocycles. The van der Waals surface area contributed by atoms with Gasteiger partial charge in [-0.05, 0) is 13.0 Å². The smallest absolute Gasteiger partial charge is 0.234 e. The van der Waals surface area contributed by atoms with Crippen LogP contribution in [0, 0.1) is 18.3 Å². The summed E-state index contributed by atoms with van der Waals surface area (Å²) in [6, 6.07) is 0. The van der Waals surface area contributed by atoms with Gasteiger partial charge in [0, 0.05) is 19.5 Å². The molecule has 0 aliphatic heterocycles. The molecular formula is C11H20N2O. The van der Waals surface area contributed by atoms with E-state index in [9.17, 15) is 4.79 Å². The van der Waals surface area contributed by atoms with Crippen LogP contribution in [-0.4, -0.2) is 37.5 Å². The quantitative estimate of drug-likeness (QED) is 0.635. The molecule has 0 radical (unpaired) electrons. The molecule has 0 bridgehead atoms. The monoisotopic (exact) mass is 196 g/mol. The van der Waals surface area contributed by atoms with Gasteiger partial charge >= 0.3 is 0 Å². The summed E-state index contributed by atoms with van der Waals surface area (Å²) in [4.78, 5) is 13.2. The topological polar surface area (TPSA) is 32.3 Å². The molecular weight excluding hydrogens is 176 g/mol. The first kappa shape index (κ1) is 13.0. The zero-order chi connectivity index (χ0) is 11.0. The Hall–Kier alpha value is -1.01. The highest BCUT2D eigenvalue weighted by Crippen LogP contribution is 1.89. The van der Waals surface area contributed by atoms with E-state index in [0.29, 0.717) is 18.9 Å². The van der Waals surface area contributed by atoms with Gasteiger partial charge in [0.2, 0.25) is 5.91 Å². The van der Waals surface area contributed by atoms with E-state index in [1.54, 1.807) is 0 Å². The maximum atomic E-state index is 11.3. The zero-order valence-electron chi connectivity index (χ0n) is 9.34. The Morgan fingerprint density at radius 3 is 2.71 bits per heavy atom. The number of hydrogen-bond donors (Lipinski definition) is 1. The number of carbonyl (C=O) groups excluding carboxylic acids is 1. The van der Waals surface area contributed by atoms with Crippen molar-refractivity contribution in [3.05, 3.63) is 0 Å². The summed E-state index contributed by atoms with van der Waals surface area (Å²) in [6.45, 7) is 6.08. The van der Waals surface area contributed by atoms with E-state index >= 15 is 0 Å². The molecule has 0 unspecified atom stereocenters. The Bertz CT molecular complexity index is 206. The van der Waals surface area contributed by atoms with Gasteiger partial charge in [-0.1, -0.05) is 13.8 Å². The summed E-state index contributed by atoms with van der Waals surface area (Å²) in [5.41, 5.74) is 0. The van der Waals surface area contributed by atoms with Gasteiger partial charge in [0.25, 0.3) is 0 Å². The predicted octanol–water partition coefficient (Wildman–Crippen LogP) is 0.714. The van der Waals surface area contributed by atoms with Crippen LogP contribution in [0.1, 0.15) is 20.3 Å². The fraction of sp³-hybridized carbons (Fsp3) is 0.727. The third-order valence-corrected chi connectivity index (χ3v) is 1.76. The highest BCUT2D eigenvalue weighted by molar-refractivity contribution is 5.77. The zero-order valence-corrected chi connectivity index (χ0v) is 9.34. The lowest BCUT2D eigenvalue weighted by atomic mass is 10.2. The Morgan fingerprint density at radius 2 is 2.21 bits per heavy atom. The number of nitrogens with zero attached hydrogens (tertiary/aromatic N) is 1. The van der Waals surface area contributed by atoms with Crippen molar-refractivity contribution in [3.8, 4) is 12.3 Å². The number of terminal acetylenes is 1. The number of amides is 1. The van der Waals surface area contributed by atoms with Crippen LogP contribution >= 0.6 is 0 Å². The van der Waals surface area contributed by atoms with Gasteiger partial charge in [0.15, 0.2) is 0 Å². The predicted molar refractivity (Wildman–Crippen MR) is 58.8 cm³/mol. The van der Waals surface area contributed by atoms with E-state index in [1.165, 1.54) is 0 Å². The number of nitrogens with one attached hydrogen (secondary N) is 1. The first-order valence-electron chi connectivity index (χ1n) is 4.95. The molecule has 0 aromatic carbocycles. The van der Waals surface area contributed by atoms with Crippen LogP contribution in [0.15, 0.2) is 0 Å². The summed E-state index contributed by atoms with van der Waals surface area (Å²) < 4.78 is 0. The van der Waals surface area contributed by atoms with E-state index in [2.05, 4.69) is 25.1 Å². The van der Waals surface area contributed by atoms with Crippen molar-refractivity contribution in [2.24, 2.45) is 5.92 Å². The number of hydrogen-bond acceptors (Lipinski definition) is 2. The van der Waals surface area contributed by atoms with Gasteiger partial charge in [-0.2, -0.15) is 0 Å². The molecule has 0 atom stereocenters. The summed E-state index contributed by atoms with van der Waals surface area (Å²) in [5, 5.41) is 2.86. The second kappa shape index (κ2) is 7.40. The molecule has 80 valence electrons. The summed E-state index contributed by atoms with van der Waals surface area (Å²) >= 11 is 0. The molecule has 0 aliphatic carbocycles. The van der Waals surface area contributed by atoms with E-state index in [4.69, 9.17) is 6.42 Å². The van der Waals surface area contributed by atoms with Crippen LogP contribution in [0.3, 0.4) is 0 Å². The average molecular weight is 196 g/mol. The standard InChI is InChI=1S/C11H20N2O/c1-5-6-7-13(4)9-11(14)12-8-10(2)3/h1,10H,6-9H2,2-4H3,(H,12,14). The second-order valence-corrected chi connectivity index (χ2v) is 3.89. The van der Waals surface area contributed by atoms with Gasteiger partial charge in [-0.3, -0.25) is 9.69 Å². The maximum Gasteiger partial charge on any atom is 0.234 e. The maximum absolute atomic E-state index is 11.3. The molecule has 14 heavy (non-hydrogen) atoms. The van der Waals surface area contributed by atoms with Crippen molar-refractivity contribution in [2.75, 3.05) is 26.7 Å². The Kier molecular flexibility index (Phi) is 6.87. The molecule has 3 heteroatoms. The minimum Gasteiger partial charge on any atom is -0.355 e. The summed E-state index contributed by atoms with van der Waals surface area (Å²) in [5.74, 6) is 3.11. The Labute approximate surface area is 86.9 Å². The van der Waals surface area contributed by atoms with E-state index in [1.807, 2.05) is 11.9 Å². The number of rotatable bonds is 6. The van der Waals surface area contributed by atoms with Crippen molar-refractivity contribution >= 4 is 5.91 Å². The summed E-state index contributed by atoms with van der Waals surface area (Å²) in [7, 11) is 1.90. The van der Waals surface area contributed by atoms with Crippen LogP contribution < -0.4 is 5.32 Å². The summed E-state index contributed by atoms with van der Waals surface area (Å²) in [6.07, 6.45) is 5.82. The van der Waals surface area contributed by atoms with Gasteiger partial charge in [-0.15, -0.1) is 12.3 Å². The fourth-order valence-corrected chi connectivity index (χ4v) is 0.953. The highest BCUT2D eigenvalue weighted by Gasteiger charge is 2.05. The molecule has 0 aliphatic rings. The molecule has 0 aromatic rings. The van der Waals surface area contributed by atoms with Crippen LogP contribution in [-0.2, 0) is 4.79 Å². The molecule has 0 heterocycles. The number of carbonyl (C=O) groups is 1. The minimum atomic E-state index is 0.0678. The lowest BCUT2D eigenvalue weighted by Crippen LogP contribution is -2.37. The fourth-order valence-electron chi connectivity index (χ4n) is 0.953. The van der Waals surface area contributed by atoms with E-state index < -0.39 is 0 Å². The largest absolute Gasteiger partial charge is 0.355 e. The second-order valence-electron chi connectivity index (χ2n) is 3.89. The van der Waals surface area contributed by atoms with E-state index in [-0.39, 0.29) is 5.91 Å². The average Bonchev–Trinajstić information content (AvgIpc) is 2.11. The molecule has 0 spiro atoms. The lowest BCUT2D eigenvalue weighted by Gasteiger charge is -2.15. The minimum absolute atomic E-state index is 0.0678. The van der Waals surface area contributed by atoms with Gasteiger partial charge in [0.1, 0.15) is 0 Å². The van der Waals surface area contributed by atoms with Crippen LogP contribution in [0.25, 0.3) is 0 Å². The third kappa shape index (κ3) is 7.63. The van der Waals surface area contributed by atoms with Crippen LogP contribution in [0.5, 0.6) is 0 Å². The SMILES string of the molecule is C#CCCN(C)CC(=O)NCC(C)C. The highest BCUT2D eigenvalue weighted by atomic mass is 16.2. The van der Waals surface area contributed by atoms with Crippen molar-refractivity contribution < 1.29 is 4.79 Å². The molecule has 3 nitrogen and oxygen atoms in total. The molecule has 1 N–H and O–H groups in total. The molecule has 0 aromatic heterocycles. The Balaban J connectivity index is 3.56. The van der Waals surface area contributed by atoms with Gasteiger partial charge in [-0.25, -0.2) is 0 Å². The van der Waals surface area contributed by atoms with Gasteiger partial charge < -0.3 is 5.32 Å². The van der Waals surface area contributed by atoms with Crippen molar-refractivity contribution in [3.63, 3.8) is 0 Å². The van der Waals surface area contributed by atoms with Gasteiger partial charge in [0.05, 0.1) is 6.54 Å². The molecule has 1 amide bonds.